The van der Waals surface area contributed by atoms with Gasteiger partial charge in [-0.3, -0.25) is 0 Å². The van der Waals surface area contributed by atoms with E-state index in [1.54, 1.807) is 6.07 Å². The Balaban J connectivity index is 0.000000327. The molecule has 110 valence electrons. The molecule has 0 unspecified atom stereocenters. The van der Waals surface area contributed by atoms with Crippen LogP contribution in [0.2, 0.25) is 0 Å². The van der Waals surface area contributed by atoms with Gasteiger partial charge in [-0.1, -0.05) is 19.9 Å². The Bertz CT molecular complexity index is 501. The lowest BCUT2D eigenvalue weighted by atomic mass is 10.3. The largest absolute Gasteiger partial charge is 0.494 e. The van der Waals surface area contributed by atoms with Gasteiger partial charge in [-0.25, -0.2) is 13.2 Å². The zero-order chi connectivity index (χ0) is 15.5. The van der Waals surface area contributed by atoms with E-state index < -0.39 is 17.5 Å². The summed E-state index contributed by atoms with van der Waals surface area (Å²) in [6.45, 7) is 4.00. The standard InChI is InChI=1S/C7H8FNO.C6H4F2.C2H6/c1-10-7-3-2-5(9)4-6(7)8;7-5-2-1-3-6(8)4-5;1-2/h2-4H,9H2,1H3;1-4H;1-2H3. The van der Waals surface area contributed by atoms with E-state index in [2.05, 4.69) is 4.74 Å². The molecule has 0 aliphatic heterocycles. The van der Waals surface area contributed by atoms with Crippen molar-refractivity contribution in [2.24, 2.45) is 0 Å². The van der Waals surface area contributed by atoms with E-state index >= 15 is 0 Å². The molecule has 0 saturated heterocycles. The second-order valence-electron chi connectivity index (χ2n) is 3.33. The third kappa shape index (κ3) is 6.68. The van der Waals surface area contributed by atoms with Crippen LogP contribution in [0, 0.1) is 17.5 Å². The van der Waals surface area contributed by atoms with Crippen LogP contribution in [-0.2, 0) is 0 Å². The van der Waals surface area contributed by atoms with Crippen molar-refractivity contribution in [2.75, 3.05) is 12.8 Å². The predicted molar refractivity (Wildman–Crippen MR) is 75.1 cm³/mol. The highest BCUT2D eigenvalue weighted by molar-refractivity contribution is 5.42. The van der Waals surface area contributed by atoms with E-state index in [1.165, 1.54) is 37.4 Å². The number of ether oxygens (including phenoxy) is 1. The minimum Gasteiger partial charge on any atom is -0.494 e. The molecule has 2 aromatic rings. The van der Waals surface area contributed by atoms with Gasteiger partial charge in [0.05, 0.1) is 7.11 Å². The third-order valence-electron chi connectivity index (χ3n) is 1.96. The van der Waals surface area contributed by atoms with Crippen molar-refractivity contribution in [3.8, 4) is 5.75 Å². The number of hydrogen-bond acceptors (Lipinski definition) is 2. The van der Waals surface area contributed by atoms with Gasteiger partial charge in [0.25, 0.3) is 0 Å². The summed E-state index contributed by atoms with van der Waals surface area (Å²) in [5.74, 6) is -1.29. The number of nitrogens with two attached hydrogens (primary N) is 1. The summed E-state index contributed by atoms with van der Waals surface area (Å²) in [4.78, 5) is 0. The molecule has 5 heteroatoms. The van der Waals surface area contributed by atoms with E-state index in [-0.39, 0.29) is 5.75 Å². The van der Waals surface area contributed by atoms with Crippen LogP contribution in [0.25, 0.3) is 0 Å². The second kappa shape index (κ2) is 9.72. The van der Waals surface area contributed by atoms with Gasteiger partial charge in [-0.2, -0.15) is 0 Å². The average Bonchev–Trinajstić information content (AvgIpc) is 2.41. The van der Waals surface area contributed by atoms with Crippen LogP contribution < -0.4 is 10.5 Å². The lowest BCUT2D eigenvalue weighted by Crippen LogP contribution is -1.90. The molecule has 2 N–H and O–H groups in total. The summed E-state index contributed by atoms with van der Waals surface area (Å²) in [7, 11) is 1.41. The van der Waals surface area contributed by atoms with E-state index in [4.69, 9.17) is 5.73 Å². The molecule has 2 rings (SSSR count). The minimum absolute atomic E-state index is 0.217. The molecule has 2 aromatic carbocycles. The fraction of sp³-hybridized carbons (Fsp3) is 0.200. The molecular weight excluding hydrogens is 267 g/mol. The maximum Gasteiger partial charge on any atom is 0.167 e. The van der Waals surface area contributed by atoms with Crippen molar-refractivity contribution in [1.82, 2.24) is 0 Å². The van der Waals surface area contributed by atoms with Gasteiger partial charge in [-0.15, -0.1) is 0 Å². The average molecular weight is 285 g/mol. The van der Waals surface area contributed by atoms with Crippen LogP contribution in [0.4, 0.5) is 18.9 Å². The molecule has 0 aliphatic carbocycles. The van der Waals surface area contributed by atoms with Crippen LogP contribution in [0.15, 0.2) is 42.5 Å². The van der Waals surface area contributed by atoms with Crippen LogP contribution in [0.1, 0.15) is 13.8 Å². The first-order valence-corrected chi connectivity index (χ1v) is 6.03. The van der Waals surface area contributed by atoms with Gasteiger partial charge in [-0.05, 0) is 24.3 Å². The zero-order valence-electron chi connectivity index (χ0n) is 11.7. The molecule has 0 saturated carbocycles. The predicted octanol–water partition coefficient (Wildman–Crippen LogP) is 4.41. The first kappa shape index (κ1) is 17.8. The molecule has 0 bridgehead atoms. The van der Waals surface area contributed by atoms with Gasteiger partial charge in [0, 0.05) is 17.8 Å². The summed E-state index contributed by atoms with van der Waals surface area (Å²) in [5.41, 5.74) is 5.69. The second-order valence-corrected chi connectivity index (χ2v) is 3.33. The highest BCUT2D eigenvalue weighted by atomic mass is 19.1. The molecule has 0 heterocycles. The quantitative estimate of drug-likeness (QED) is 0.788. The highest BCUT2D eigenvalue weighted by Gasteiger charge is 1.99. The minimum atomic E-state index is -0.537. The van der Waals surface area contributed by atoms with E-state index in [0.29, 0.717) is 5.69 Å². The lowest BCUT2D eigenvalue weighted by Gasteiger charge is -2.00. The summed E-state index contributed by atoms with van der Waals surface area (Å²) in [6, 6.07) is 8.85. The van der Waals surface area contributed by atoms with Crippen molar-refractivity contribution in [2.45, 2.75) is 13.8 Å². The molecular formula is C15H18F3NO. The molecule has 0 atom stereocenters. The number of nitrogen functional groups attached to an aromatic ring is 1. The lowest BCUT2D eigenvalue weighted by molar-refractivity contribution is 0.387. The zero-order valence-corrected chi connectivity index (χ0v) is 11.7. The normalized spacial score (nSPS) is 8.70. The van der Waals surface area contributed by atoms with Crippen LogP contribution >= 0.6 is 0 Å². The first-order valence-electron chi connectivity index (χ1n) is 6.03. The van der Waals surface area contributed by atoms with Crippen molar-refractivity contribution < 1.29 is 17.9 Å². The molecule has 0 aliphatic rings. The Kier molecular flexibility index (Phi) is 8.67. The van der Waals surface area contributed by atoms with Gasteiger partial charge in [0.1, 0.15) is 11.6 Å². The monoisotopic (exact) mass is 285 g/mol. The Hall–Kier alpha value is -2.17. The van der Waals surface area contributed by atoms with Crippen molar-refractivity contribution >= 4 is 5.69 Å². The summed E-state index contributed by atoms with van der Waals surface area (Å²) in [6.07, 6.45) is 0. The number of rotatable bonds is 1. The fourth-order valence-corrected chi connectivity index (χ4v) is 1.14. The van der Waals surface area contributed by atoms with E-state index in [0.717, 1.165) is 6.07 Å². The highest BCUT2D eigenvalue weighted by Crippen LogP contribution is 2.18. The van der Waals surface area contributed by atoms with Gasteiger partial charge >= 0.3 is 0 Å². The van der Waals surface area contributed by atoms with Crippen LogP contribution in [0.3, 0.4) is 0 Å². The molecule has 2 nitrogen and oxygen atoms in total. The topological polar surface area (TPSA) is 35.2 Å². The third-order valence-corrected chi connectivity index (χ3v) is 1.96. The molecule has 20 heavy (non-hydrogen) atoms. The fourth-order valence-electron chi connectivity index (χ4n) is 1.14. The number of halogens is 3. The number of anilines is 1. The smallest absolute Gasteiger partial charge is 0.167 e. The Morgan fingerprint density at radius 3 is 1.80 bits per heavy atom. The number of methoxy groups -OCH3 is 1. The van der Waals surface area contributed by atoms with Crippen molar-refractivity contribution in [3.63, 3.8) is 0 Å². The Morgan fingerprint density at radius 1 is 0.900 bits per heavy atom. The van der Waals surface area contributed by atoms with Crippen LogP contribution in [-0.4, -0.2) is 7.11 Å². The molecule has 0 radical (unpaired) electrons. The number of hydrogen-bond donors (Lipinski definition) is 1. The van der Waals surface area contributed by atoms with Crippen LogP contribution in [0.5, 0.6) is 5.75 Å². The number of benzene rings is 2. The molecule has 0 aromatic heterocycles. The van der Waals surface area contributed by atoms with Gasteiger partial charge in [0.2, 0.25) is 0 Å². The van der Waals surface area contributed by atoms with E-state index in [1.807, 2.05) is 13.8 Å². The van der Waals surface area contributed by atoms with Crippen molar-refractivity contribution in [3.05, 3.63) is 59.9 Å². The van der Waals surface area contributed by atoms with Crippen molar-refractivity contribution in [1.29, 1.82) is 0 Å². The maximum atomic E-state index is 12.6. The molecule has 0 fully saturated rings. The summed E-state index contributed by atoms with van der Waals surface area (Å²) >= 11 is 0. The van der Waals surface area contributed by atoms with Gasteiger partial charge < -0.3 is 10.5 Å². The maximum absolute atomic E-state index is 12.6. The Morgan fingerprint density at radius 2 is 1.45 bits per heavy atom. The van der Waals surface area contributed by atoms with Gasteiger partial charge in [0.15, 0.2) is 11.6 Å². The summed E-state index contributed by atoms with van der Waals surface area (Å²) in [5, 5.41) is 0. The molecule has 0 spiro atoms. The Labute approximate surface area is 117 Å². The molecule has 0 amide bonds. The summed E-state index contributed by atoms with van der Waals surface area (Å²) < 4.78 is 41.2. The SMILES string of the molecule is CC.COc1ccc(N)cc1F.Fc1cccc(F)c1. The van der Waals surface area contributed by atoms with E-state index in [9.17, 15) is 13.2 Å². The first-order chi connectivity index (χ1) is 9.52.